The molecule has 1 aliphatic carbocycles. The van der Waals surface area contributed by atoms with Crippen LogP contribution in [0.25, 0.3) is 23.0 Å². The summed E-state index contributed by atoms with van der Waals surface area (Å²) in [6, 6.07) is 10.1. The summed E-state index contributed by atoms with van der Waals surface area (Å²) >= 11 is 0. The van der Waals surface area contributed by atoms with Gasteiger partial charge in [-0.15, -0.1) is 0 Å². The first-order valence-electron chi connectivity index (χ1n) is 6.76. The van der Waals surface area contributed by atoms with E-state index in [1.807, 2.05) is 30.3 Å². The van der Waals surface area contributed by atoms with Crippen LogP contribution in [0.3, 0.4) is 0 Å². The lowest BCUT2D eigenvalue weighted by atomic mass is 10.1. The third-order valence-electron chi connectivity index (χ3n) is 3.57. The average molecular weight is 266 g/mol. The number of rotatable bonds is 3. The molecule has 1 N–H and O–H groups in total. The van der Waals surface area contributed by atoms with Gasteiger partial charge in [-0.1, -0.05) is 35.0 Å². The average Bonchev–Trinajstić information content (AvgIpc) is 3.01. The van der Waals surface area contributed by atoms with Gasteiger partial charge in [-0.05, 0) is 25.8 Å². The number of benzene rings is 1. The first-order valence-corrected chi connectivity index (χ1v) is 6.76. The Bertz CT molecular complexity index is 737. The first-order chi connectivity index (χ1) is 9.79. The molecule has 0 aliphatic heterocycles. The molecule has 1 aromatic carbocycles. The van der Waals surface area contributed by atoms with Gasteiger partial charge in [-0.3, -0.25) is 5.10 Å². The van der Waals surface area contributed by atoms with E-state index in [4.69, 9.17) is 4.52 Å². The van der Waals surface area contributed by atoms with E-state index in [0.717, 1.165) is 17.0 Å². The summed E-state index contributed by atoms with van der Waals surface area (Å²) in [6.07, 6.45) is 2.47. The zero-order valence-electron chi connectivity index (χ0n) is 11.1. The van der Waals surface area contributed by atoms with Gasteiger partial charge in [0.05, 0.1) is 0 Å². The van der Waals surface area contributed by atoms with E-state index in [-0.39, 0.29) is 0 Å². The van der Waals surface area contributed by atoms with E-state index in [2.05, 4.69) is 27.3 Å². The number of hydrogen-bond acceptors (Lipinski definition) is 4. The fraction of sp³-hybridized carbons (Fsp3) is 0.267. The van der Waals surface area contributed by atoms with Crippen molar-refractivity contribution in [2.24, 2.45) is 0 Å². The van der Waals surface area contributed by atoms with Gasteiger partial charge in [-0.2, -0.15) is 10.1 Å². The summed E-state index contributed by atoms with van der Waals surface area (Å²) in [4.78, 5) is 4.41. The van der Waals surface area contributed by atoms with E-state index in [1.165, 1.54) is 18.4 Å². The van der Waals surface area contributed by atoms with Crippen LogP contribution in [0.1, 0.15) is 30.0 Å². The van der Waals surface area contributed by atoms with Crippen molar-refractivity contribution in [2.75, 3.05) is 0 Å². The van der Waals surface area contributed by atoms with Crippen molar-refractivity contribution < 1.29 is 4.52 Å². The van der Waals surface area contributed by atoms with Crippen LogP contribution in [-0.4, -0.2) is 20.3 Å². The van der Waals surface area contributed by atoms with Crippen molar-refractivity contribution in [1.82, 2.24) is 20.3 Å². The van der Waals surface area contributed by atoms with E-state index < -0.39 is 0 Å². The van der Waals surface area contributed by atoms with Crippen LogP contribution in [0.15, 0.2) is 34.9 Å². The normalized spacial score (nSPS) is 14.7. The van der Waals surface area contributed by atoms with E-state index in [1.54, 1.807) is 0 Å². The second kappa shape index (κ2) is 4.30. The molecule has 2 aromatic heterocycles. The summed E-state index contributed by atoms with van der Waals surface area (Å²) in [5.41, 5.74) is 4.04. The molecule has 1 saturated carbocycles. The number of aromatic amines is 1. The van der Waals surface area contributed by atoms with E-state index in [0.29, 0.717) is 17.6 Å². The van der Waals surface area contributed by atoms with Crippen LogP contribution in [0, 0.1) is 6.92 Å². The van der Waals surface area contributed by atoms with Gasteiger partial charge in [0.15, 0.2) is 5.69 Å². The third-order valence-corrected chi connectivity index (χ3v) is 3.57. The van der Waals surface area contributed by atoms with Gasteiger partial charge in [0.1, 0.15) is 0 Å². The minimum atomic E-state index is 0.462. The third kappa shape index (κ3) is 2.01. The predicted molar refractivity (Wildman–Crippen MR) is 74.0 cm³/mol. The molecular weight excluding hydrogens is 252 g/mol. The second-order valence-electron chi connectivity index (χ2n) is 5.27. The summed E-state index contributed by atoms with van der Waals surface area (Å²) in [5, 5.41) is 11.3. The molecule has 0 radical (unpaired) electrons. The molecule has 0 amide bonds. The number of hydrogen-bond donors (Lipinski definition) is 1. The highest BCUT2D eigenvalue weighted by atomic mass is 16.5. The van der Waals surface area contributed by atoms with Crippen LogP contribution >= 0.6 is 0 Å². The highest BCUT2D eigenvalue weighted by molar-refractivity contribution is 5.58. The number of nitrogens with zero attached hydrogens (tertiary/aromatic N) is 3. The molecule has 0 unspecified atom stereocenters. The highest BCUT2D eigenvalue weighted by Gasteiger charge is 2.26. The Morgan fingerprint density at radius 1 is 1.20 bits per heavy atom. The maximum absolute atomic E-state index is 5.31. The highest BCUT2D eigenvalue weighted by Crippen LogP contribution is 2.39. The lowest BCUT2D eigenvalue weighted by molar-refractivity contribution is 0.431. The van der Waals surface area contributed by atoms with Crippen molar-refractivity contribution >= 4 is 0 Å². The SMILES string of the molecule is Cc1ccc(-c2noc(-c3cc(C4CC4)[nH]n3)n2)cc1. The number of aromatic nitrogens is 4. The summed E-state index contributed by atoms with van der Waals surface area (Å²) in [7, 11) is 0. The van der Waals surface area contributed by atoms with Crippen molar-refractivity contribution in [3.63, 3.8) is 0 Å². The molecular formula is C15H14N4O. The van der Waals surface area contributed by atoms with Gasteiger partial charge in [-0.25, -0.2) is 0 Å². The molecule has 3 aromatic rings. The van der Waals surface area contributed by atoms with Gasteiger partial charge >= 0.3 is 0 Å². The van der Waals surface area contributed by atoms with Crippen molar-refractivity contribution in [3.05, 3.63) is 41.6 Å². The van der Waals surface area contributed by atoms with E-state index in [9.17, 15) is 0 Å². The van der Waals surface area contributed by atoms with Crippen molar-refractivity contribution in [3.8, 4) is 23.0 Å². The molecule has 0 spiro atoms. The quantitative estimate of drug-likeness (QED) is 0.789. The number of H-pyrrole nitrogens is 1. The van der Waals surface area contributed by atoms with Crippen LogP contribution in [0.2, 0.25) is 0 Å². The smallest absolute Gasteiger partial charge is 0.278 e. The standard InChI is InChI=1S/C15H14N4O/c1-9-2-4-11(5-3-9)14-16-15(20-19-14)13-8-12(17-18-13)10-6-7-10/h2-5,8,10H,6-7H2,1H3,(H,17,18). The molecule has 2 heterocycles. The van der Waals surface area contributed by atoms with Crippen LogP contribution in [-0.2, 0) is 0 Å². The minimum absolute atomic E-state index is 0.462. The minimum Gasteiger partial charge on any atom is -0.332 e. The first kappa shape index (κ1) is 11.4. The maximum atomic E-state index is 5.31. The monoisotopic (exact) mass is 266 g/mol. The van der Waals surface area contributed by atoms with Crippen LogP contribution in [0.4, 0.5) is 0 Å². The molecule has 0 saturated heterocycles. The van der Waals surface area contributed by atoms with Gasteiger partial charge < -0.3 is 4.52 Å². The molecule has 0 atom stereocenters. The van der Waals surface area contributed by atoms with Crippen LogP contribution < -0.4 is 0 Å². The van der Waals surface area contributed by atoms with Crippen molar-refractivity contribution in [1.29, 1.82) is 0 Å². The maximum Gasteiger partial charge on any atom is 0.278 e. The number of aryl methyl sites for hydroxylation is 1. The summed E-state index contributed by atoms with van der Waals surface area (Å²) < 4.78 is 5.31. The van der Waals surface area contributed by atoms with Gasteiger partial charge in [0.2, 0.25) is 5.82 Å². The number of nitrogens with one attached hydrogen (secondary N) is 1. The Hall–Kier alpha value is -2.43. The summed E-state index contributed by atoms with van der Waals surface area (Å²) in [5.74, 6) is 1.69. The molecule has 5 nitrogen and oxygen atoms in total. The molecule has 1 fully saturated rings. The molecule has 4 rings (SSSR count). The topological polar surface area (TPSA) is 67.6 Å². The largest absolute Gasteiger partial charge is 0.332 e. The van der Waals surface area contributed by atoms with Gasteiger partial charge in [0, 0.05) is 17.2 Å². The molecule has 100 valence electrons. The lowest BCUT2D eigenvalue weighted by Crippen LogP contribution is -1.81. The Balaban J connectivity index is 1.64. The van der Waals surface area contributed by atoms with Crippen LogP contribution in [0.5, 0.6) is 0 Å². The lowest BCUT2D eigenvalue weighted by Gasteiger charge is -1.94. The predicted octanol–water partition coefficient (Wildman–Crippen LogP) is 3.31. The molecule has 5 heteroatoms. The molecule has 0 bridgehead atoms. The van der Waals surface area contributed by atoms with Crippen molar-refractivity contribution in [2.45, 2.75) is 25.7 Å². The Labute approximate surface area is 116 Å². The fourth-order valence-electron chi connectivity index (χ4n) is 2.20. The van der Waals surface area contributed by atoms with E-state index >= 15 is 0 Å². The summed E-state index contributed by atoms with van der Waals surface area (Å²) in [6.45, 7) is 2.05. The fourth-order valence-corrected chi connectivity index (χ4v) is 2.20. The molecule has 1 aliphatic rings. The zero-order chi connectivity index (χ0) is 13.5. The Kier molecular flexibility index (Phi) is 2.45. The van der Waals surface area contributed by atoms with Gasteiger partial charge in [0.25, 0.3) is 5.89 Å². The second-order valence-corrected chi connectivity index (χ2v) is 5.27. The molecule has 20 heavy (non-hydrogen) atoms. The Morgan fingerprint density at radius 3 is 2.75 bits per heavy atom. The Morgan fingerprint density at radius 2 is 2.00 bits per heavy atom. The zero-order valence-corrected chi connectivity index (χ0v) is 11.1.